The minimum atomic E-state index is -0.0814. The normalized spacial score (nSPS) is 20.1. The van der Waals surface area contributed by atoms with Crippen LogP contribution in [-0.4, -0.2) is 12.3 Å². The lowest BCUT2D eigenvalue weighted by Gasteiger charge is -2.53. The zero-order valence-corrected chi connectivity index (χ0v) is 41.3. The first-order chi connectivity index (χ1) is 30.0. The second-order valence-electron chi connectivity index (χ2n) is 24.3. The van der Waals surface area contributed by atoms with Crippen molar-refractivity contribution in [2.75, 3.05) is 14.7 Å². The first-order valence-corrected chi connectivity index (χ1v) is 24.2. The number of para-hydroxylation sites is 1. The summed E-state index contributed by atoms with van der Waals surface area (Å²) in [4.78, 5) is 8.06. The maximum Gasteiger partial charge on any atom is 0.252 e. The molecule has 0 amide bonds. The third-order valence-corrected chi connectivity index (χ3v) is 16.0. The molecule has 10 rings (SSSR count). The smallest absolute Gasteiger partial charge is 0.252 e. The maximum atomic E-state index is 2.87. The van der Waals surface area contributed by atoms with Gasteiger partial charge < -0.3 is 14.7 Å². The molecule has 0 saturated heterocycles. The molecule has 3 nitrogen and oxygen atoms in total. The highest BCUT2D eigenvalue weighted by Crippen LogP contribution is 2.62. The Morgan fingerprint density at radius 2 is 1.02 bits per heavy atom. The van der Waals surface area contributed by atoms with Gasteiger partial charge in [-0.1, -0.05) is 170 Å². The molecule has 6 aromatic carbocycles. The predicted molar refractivity (Wildman–Crippen MR) is 278 cm³/mol. The molecule has 3 aliphatic heterocycles. The molecule has 1 saturated carbocycles. The molecule has 4 aliphatic rings. The topological polar surface area (TPSA) is 9.72 Å². The first-order valence-electron chi connectivity index (χ1n) is 24.2. The molecule has 4 heteroatoms. The lowest BCUT2D eigenvalue weighted by molar-refractivity contribution is 0.195. The van der Waals surface area contributed by atoms with Crippen LogP contribution in [0, 0.1) is 0 Å². The van der Waals surface area contributed by atoms with Gasteiger partial charge >= 0.3 is 0 Å². The predicted octanol–water partition coefficient (Wildman–Crippen LogP) is 14.7. The summed E-state index contributed by atoms with van der Waals surface area (Å²) in [5.74, 6) is 0. The van der Waals surface area contributed by atoms with E-state index in [9.17, 15) is 0 Å². The average molecular weight is 844 g/mol. The van der Waals surface area contributed by atoms with Gasteiger partial charge in [0.25, 0.3) is 6.71 Å². The summed E-state index contributed by atoms with van der Waals surface area (Å²) < 4.78 is 0. The van der Waals surface area contributed by atoms with Gasteiger partial charge in [-0.05, 0) is 140 Å². The van der Waals surface area contributed by atoms with Crippen LogP contribution in [0.1, 0.15) is 150 Å². The highest BCUT2D eigenvalue weighted by atomic mass is 15.3. The SMILES string of the molecule is CC(C)(C)c1ccc(N(c2ccc(C(C)(C)C)cc2)c2cc3c4c(c2)N2c5c(cccc5C5(C)CCCCC25C)B4c2ccc(C(C)(C)C)cc2N3c2cccc(C(C)(C)C)c2)cc1. The van der Waals surface area contributed by atoms with Crippen LogP contribution >= 0.6 is 0 Å². The van der Waals surface area contributed by atoms with Crippen LogP contribution in [0.15, 0.2) is 121 Å². The number of benzene rings is 6. The molecule has 6 aromatic rings. The van der Waals surface area contributed by atoms with Crippen LogP contribution in [0.5, 0.6) is 0 Å². The molecule has 0 radical (unpaired) electrons. The number of hydrogen-bond acceptors (Lipinski definition) is 3. The molecule has 1 aliphatic carbocycles. The van der Waals surface area contributed by atoms with Gasteiger partial charge in [0.15, 0.2) is 0 Å². The molecular weight excluding hydrogens is 773 g/mol. The van der Waals surface area contributed by atoms with Crippen LogP contribution in [0.2, 0.25) is 0 Å². The van der Waals surface area contributed by atoms with Crippen molar-refractivity contribution in [2.24, 2.45) is 0 Å². The number of hydrogen-bond donors (Lipinski definition) is 0. The van der Waals surface area contributed by atoms with E-state index in [0.717, 1.165) is 6.42 Å². The molecule has 64 heavy (non-hydrogen) atoms. The Kier molecular flexibility index (Phi) is 9.44. The van der Waals surface area contributed by atoms with Gasteiger partial charge in [-0.15, -0.1) is 0 Å². The Labute approximate surface area is 386 Å². The number of anilines is 8. The molecular formula is C60H70BN3. The molecule has 1 fully saturated rings. The van der Waals surface area contributed by atoms with Crippen molar-refractivity contribution in [3.8, 4) is 0 Å². The van der Waals surface area contributed by atoms with E-state index in [1.165, 1.54) is 109 Å². The summed E-state index contributed by atoms with van der Waals surface area (Å²) in [6.07, 6.45) is 4.88. The van der Waals surface area contributed by atoms with Crippen molar-refractivity contribution in [2.45, 2.75) is 155 Å². The third kappa shape index (κ3) is 6.43. The highest BCUT2D eigenvalue weighted by Gasteiger charge is 2.61. The fourth-order valence-electron chi connectivity index (χ4n) is 11.9. The Hall–Kier alpha value is -5.22. The summed E-state index contributed by atoms with van der Waals surface area (Å²) in [5.41, 5.74) is 21.3. The lowest BCUT2D eigenvalue weighted by atomic mass is 9.33. The van der Waals surface area contributed by atoms with Crippen molar-refractivity contribution in [1.29, 1.82) is 0 Å². The van der Waals surface area contributed by atoms with E-state index < -0.39 is 0 Å². The lowest BCUT2D eigenvalue weighted by Crippen LogP contribution is -2.64. The van der Waals surface area contributed by atoms with Gasteiger partial charge in [0, 0.05) is 45.2 Å². The van der Waals surface area contributed by atoms with Gasteiger partial charge in [-0.3, -0.25) is 0 Å². The van der Waals surface area contributed by atoms with Crippen LogP contribution in [-0.2, 0) is 27.1 Å². The van der Waals surface area contributed by atoms with E-state index in [4.69, 9.17) is 0 Å². The van der Waals surface area contributed by atoms with E-state index in [1.54, 1.807) is 0 Å². The van der Waals surface area contributed by atoms with Gasteiger partial charge in [0.1, 0.15) is 0 Å². The largest absolute Gasteiger partial charge is 0.335 e. The zero-order chi connectivity index (χ0) is 45.5. The maximum absolute atomic E-state index is 2.87. The highest BCUT2D eigenvalue weighted by molar-refractivity contribution is 7.00. The summed E-state index contributed by atoms with van der Waals surface area (Å²) in [5, 5.41) is 0. The molecule has 2 atom stereocenters. The average Bonchev–Trinajstić information content (AvgIpc) is 3.45. The van der Waals surface area contributed by atoms with Crippen molar-refractivity contribution in [1.82, 2.24) is 0 Å². The van der Waals surface area contributed by atoms with Crippen LogP contribution in [0.4, 0.5) is 45.5 Å². The van der Waals surface area contributed by atoms with E-state index >= 15 is 0 Å². The summed E-state index contributed by atoms with van der Waals surface area (Å²) in [7, 11) is 0. The van der Waals surface area contributed by atoms with Crippen molar-refractivity contribution in [3.63, 3.8) is 0 Å². The number of fused-ring (bicyclic) bond motifs is 7. The van der Waals surface area contributed by atoms with Crippen molar-refractivity contribution < 1.29 is 0 Å². The van der Waals surface area contributed by atoms with E-state index in [1.807, 2.05) is 0 Å². The summed E-state index contributed by atoms with van der Waals surface area (Å²) in [6.45, 7) is 33.2. The van der Waals surface area contributed by atoms with Gasteiger partial charge in [0.2, 0.25) is 0 Å². The Balaban J connectivity index is 1.33. The van der Waals surface area contributed by atoms with Crippen LogP contribution < -0.4 is 31.1 Å². The number of rotatable bonds is 4. The molecule has 0 spiro atoms. The summed E-state index contributed by atoms with van der Waals surface area (Å²) >= 11 is 0. The van der Waals surface area contributed by atoms with Gasteiger partial charge in [-0.25, -0.2) is 0 Å². The molecule has 3 heterocycles. The van der Waals surface area contributed by atoms with Gasteiger partial charge in [0.05, 0.1) is 11.2 Å². The second-order valence-corrected chi connectivity index (χ2v) is 24.3. The monoisotopic (exact) mass is 844 g/mol. The Bertz CT molecular complexity index is 2750. The van der Waals surface area contributed by atoms with E-state index in [2.05, 4.69) is 233 Å². The number of nitrogens with zero attached hydrogens (tertiary/aromatic N) is 3. The first kappa shape index (κ1) is 42.7. The standard InChI is InChI=1S/C60H70BN3/c1-55(2,3)39-23-28-43(29-24-39)62(44-30-25-40(26-31-44)56(4,5)6)46-37-51-53-52(38-46)64-54-47(59(13)33-15-16-34-60(59,64)14)21-18-22-49(54)61(53)48-32-27-42(58(10,11)12)36-50(48)63(51)45-20-17-19-41(35-45)57(7,8)9/h17-32,35-38H,15-16,33-34H2,1-14H3. The van der Waals surface area contributed by atoms with E-state index in [0.29, 0.717) is 0 Å². The van der Waals surface area contributed by atoms with E-state index in [-0.39, 0.29) is 39.3 Å². The van der Waals surface area contributed by atoms with Gasteiger partial charge in [-0.2, -0.15) is 0 Å². The summed E-state index contributed by atoms with van der Waals surface area (Å²) in [6, 6.07) is 48.1. The molecule has 0 bridgehead atoms. The minimum absolute atomic E-state index is 0.00808. The molecule has 328 valence electrons. The second kappa shape index (κ2) is 14.1. The zero-order valence-electron chi connectivity index (χ0n) is 41.3. The van der Waals surface area contributed by atoms with Crippen LogP contribution in [0.25, 0.3) is 0 Å². The fraction of sp³-hybridized carbons (Fsp3) is 0.400. The molecule has 0 N–H and O–H groups in total. The molecule has 0 aromatic heterocycles. The van der Waals surface area contributed by atoms with Crippen LogP contribution in [0.3, 0.4) is 0 Å². The van der Waals surface area contributed by atoms with Crippen molar-refractivity contribution in [3.05, 3.63) is 149 Å². The quantitative estimate of drug-likeness (QED) is 0.163. The van der Waals surface area contributed by atoms with Crippen molar-refractivity contribution >= 4 is 68.6 Å². The third-order valence-electron chi connectivity index (χ3n) is 16.0. The minimum Gasteiger partial charge on any atom is -0.335 e. The molecule has 2 unspecified atom stereocenters. The Morgan fingerprint density at radius 1 is 0.484 bits per heavy atom. The fourth-order valence-corrected chi connectivity index (χ4v) is 11.9. The Morgan fingerprint density at radius 3 is 1.61 bits per heavy atom.